The molecule has 0 aliphatic carbocycles. The maximum absolute atomic E-state index is 5.34. The normalized spacial score (nSPS) is 12.0. The van der Waals surface area contributed by atoms with Crippen LogP contribution in [0.4, 0.5) is 0 Å². The molecule has 63 heavy (non-hydrogen) atoms. The standard InChI is InChI=1S/C57H48N6/c1-56(2,3)42-28-30-44-45-31-29-43(57(4,5)6)35-51(45)63(50(44)34-42)49-32-27-41(48-36-47(37-19-11-7-12-20-37)58-52(59-48)38-21-13-8-14-22-38)33-46(49)55-61-53(39-23-15-9-16-24-39)60-54(62-55)40-25-17-10-18-26-40/h7-36H,1-6H3. The van der Waals surface area contributed by atoms with E-state index in [4.69, 9.17) is 24.9 Å². The smallest absolute Gasteiger partial charge is 0.166 e. The number of hydrogen-bond acceptors (Lipinski definition) is 5. The van der Waals surface area contributed by atoms with Crippen molar-refractivity contribution < 1.29 is 0 Å². The summed E-state index contributed by atoms with van der Waals surface area (Å²) in [5.74, 6) is 2.42. The molecule has 306 valence electrons. The van der Waals surface area contributed by atoms with Gasteiger partial charge >= 0.3 is 0 Å². The Morgan fingerprint density at radius 2 is 0.730 bits per heavy atom. The van der Waals surface area contributed by atoms with E-state index in [2.05, 4.69) is 155 Å². The highest BCUT2D eigenvalue weighted by atomic mass is 15.1. The molecule has 0 amide bonds. The van der Waals surface area contributed by atoms with Crippen LogP contribution < -0.4 is 0 Å². The fraction of sp³-hybridized carbons (Fsp3) is 0.140. The molecule has 0 aliphatic rings. The first kappa shape index (κ1) is 39.6. The summed E-state index contributed by atoms with van der Waals surface area (Å²) in [5.41, 5.74) is 12.8. The highest BCUT2D eigenvalue weighted by Crippen LogP contribution is 2.41. The fourth-order valence-electron chi connectivity index (χ4n) is 8.28. The van der Waals surface area contributed by atoms with Crippen LogP contribution in [-0.4, -0.2) is 29.5 Å². The summed E-state index contributed by atoms with van der Waals surface area (Å²) in [4.78, 5) is 26.1. The van der Waals surface area contributed by atoms with E-state index in [0.717, 1.165) is 61.5 Å². The molecule has 10 aromatic rings. The van der Waals surface area contributed by atoms with Gasteiger partial charge in [-0.2, -0.15) is 0 Å². The molecule has 0 fully saturated rings. The van der Waals surface area contributed by atoms with Crippen LogP contribution >= 0.6 is 0 Å². The molecular formula is C57H48N6. The molecule has 6 heteroatoms. The van der Waals surface area contributed by atoms with Crippen LogP contribution in [0.3, 0.4) is 0 Å². The van der Waals surface area contributed by atoms with Crippen LogP contribution in [0.15, 0.2) is 182 Å². The van der Waals surface area contributed by atoms with E-state index in [1.54, 1.807) is 0 Å². The Bertz CT molecular complexity index is 3080. The van der Waals surface area contributed by atoms with Gasteiger partial charge in [-0.25, -0.2) is 24.9 Å². The number of fused-ring (bicyclic) bond motifs is 3. The average molecular weight is 817 g/mol. The summed E-state index contributed by atoms with van der Waals surface area (Å²) >= 11 is 0. The molecule has 0 saturated carbocycles. The lowest BCUT2D eigenvalue weighted by Crippen LogP contribution is -2.11. The van der Waals surface area contributed by atoms with Crippen molar-refractivity contribution in [1.82, 2.24) is 29.5 Å². The minimum Gasteiger partial charge on any atom is -0.308 e. The predicted molar refractivity (Wildman–Crippen MR) is 260 cm³/mol. The molecule has 0 aliphatic heterocycles. The predicted octanol–water partition coefficient (Wildman–Crippen LogP) is 14.4. The second-order valence-corrected chi connectivity index (χ2v) is 18.3. The first-order valence-electron chi connectivity index (χ1n) is 21.6. The van der Waals surface area contributed by atoms with Gasteiger partial charge in [-0.1, -0.05) is 193 Å². The first-order valence-corrected chi connectivity index (χ1v) is 21.6. The first-order chi connectivity index (χ1) is 30.5. The average Bonchev–Trinajstić information content (AvgIpc) is 3.64. The van der Waals surface area contributed by atoms with Gasteiger partial charge in [-0.3, -0.25) is 0 Å². The lowest BCUT2D eigenvalue weighted by atomic mass is 9.86. The van der Waals surface area contributed by atoms with Gasteiger partial charge in [0.1, 0.15) is 0 Å². The van der Waals surface area contributed by atoms with Crippen LogP contribution in [0.2, 0.25) is 0 Å². The largest absolute Gasteiger partial charge is 0.308 e. The number of nitrogens with zero attached hydrogens (tertiary/aromatic N) is 6. The monoisotopic (exact) mass is 816 g/mol. The van der Waals surface area contributed by atoms with Crippen LogP contribution in [0.5, 0.6) is 0 Å². The molecule has 0 N–H and O–H groups in total. The summed E-state index contributed by atoms with van der Waals surface area (Å²) in [6.07, 6.45) is 0. The van der Waals surface area contributed by atoms with Crippen molar-refractivity contribution in [1.29, 1.82) is 0 Å². The summed E-state index contributed by atoms with van der Waals surface area (Å²) in [7, 11) is 0. The Balaban J connectivity index is 1.31. The van der Waals surface area contributed by atoms with Gasteiger partial charge < -0.3 is 4.57 Å². The molecule has 0 saturated heterocycles. The third kappa shape index (κ3) is 7.70. The Kier molecular flexibility index (Phi) is 9.87. The van der Waals surface area contributed by atoms with Crippen LogP contribution in [0.25, 0.3) is 95.6 Å². The summed E-state index contributed by atoms with van der Waals surface area (Å²) in [6.45, 7) is 13.6. The van der Waals surface area contributed by atoms with Gasteiger partial charge in [-0.15, -0.1) is 0 Å². The van der Waals surface area contributed by atoms with Crippen molar-refractivity contribution in [3.63, 3.8) is 0 Å². The lowest BCUT2D eigenvalue weighted by molar-refractivity contribution is 0.591. The third-order valence-corrected chi connectivity index (χ3v) is 11.8. The molecule has 3 aromatic heterocycles. The zero-order valence-corrected chi connectivity index (χ0v) is 36.5. The number of aromatic nitrogens is 6. The maximum atomic E-state index is 5.34. The Morgan fingerprint density at radius 1 is 0.333 bits per heavy atom. The van der Waals surface area contributed by atoms with Gasteiger partial charge in [0.15, 0.2) is 23.3 Å². The van der Waals surface area contributed by atoms with E-state index < -0.39 is 0 Å². The number of hydrogen-bond donors (Lipinski definition) is 0. The van der Waals surface area contributed by atoms with Crippen molar-refractivity contribution >= 4 is 21.8 Å². The van der Waals surface area contributed by atoms with Gasteiger partial charge in [-0.05, 0) is 52.3 Å². The zero-order valence-electron chi connectivity index (χ0n) is 36.5. The van der Waals surface area contributed by atoms with Crippen LogP contribution in [0, 0.1) is 0 Å². The minimum atomic E-state index is -0.0674. The van der Waals surface area contributed by atoms with E-state index in [1.165, 1.54) is 21.9 Å². The second kappa shape index (κ2) is 15.7. The van der Waals surface area contributed by atoms with Crippen molar-refractivity contribution in [2.24, 2.45) is 0 Å². The molecule has 3 heterocycles. The molecule has 10 rings (SSSR count). The topological polar surface area (TPSA) is 69.4 Å². The van der Waals surface area contributed by atoms with Gasteiger partial charge in [0.25, 0.3) is 0 Å². The SMILES string of the molecule is CC(C)(C)c1ccc2c3ccc(C(C)(C)C)cc3n(-c3ccc(-c4cc(-c5ccccc5)nc(-c5ccccc5)n4)cc3-c3nc(-c4ccccc4)nc(-c4ccccc4)n3)c2c1. The van der Waals surface area contributed by atoms with Crippen molar-refractivity contribution in [3.8, 4) is 73.8 Å². The number of benzene rings is 7. The van der Waals surface area contributed by atoms with Crippen LogP contribution in [0.1, 0.15) is 52.7 Å². The molecule has 6 nitrogen and oxygen atoms in total. The number of rotatable bonds is 7. The molecule has 0 atom stereocenters. The van der Waals surface area contributed by atoms with Crippen molar-refractivity contribution in [2.45, 2.75) is 52.4 Å². The lowest BCUT2D eigenvalue weighted by Gasteiger charge is -2.21. The maximum Gasteiger partial charge on any atom is 0.166 e. The summed E-state index contributed by atoms with van der Waals surface area (Å²) < 4.78 is 2.42. The van der Waals surface area contributed by atoms with E-state index in [0.29, 0.717) is 23.3 Å². The minimum absolute atomic E-state index is 0.0674. The Morgan fingerprint density at radius 3 is 1.17 bits per heavy atom. The molecule has 0 unspecified atom stereocenters. The molecule has 0 radical (unpaired) electrons. The van der Waals surface area contributed by atoms with Gasteiger partial charge in [0.05, 0.1) is 28.1 Å². The summed E-state index contributed by atoms with van der Waals surface area (Å²) in [5, 5.41) is 2.38. The van der Waals surface area contributed by atoms with Gasteiger partial charge in [0, 0.05) is 44.2 Å². The van der Waals surface area contributed by atoms with Crippen molar-refractivity contribution in [3.05, 3.63) is 193 Å². The molecule has 0 bridgehead atoms. The van der Waals surface area contributed by atoms with Gasteiger partial charge in [0.2, 0.25) is 0 Å². The van der Waals surface area contributed by atoms with E-state index in [-0.39, 0.29) is 10.8 Å². The highest BCUT2D eigenvalue weighted by molar-refractivity contribution is 6.10. The fourth-order valence-corrected chi connectivity index (χ4v) is 8.28. The van der Waals surface area contributed by atoms with Crippen molar-refractivity contribution in [2.75, 3.05) is 0 Å². The Hall–Kier alpha value is -7.57. The molecule has 7 aromatic carbocycles. The zero-order chi connectivity index (χ0) is 43.3. The molecular weight excluding hydrogens is 769 g/mol. The molecule has 0 spiro atoms. The van der Waals surface area contributed by atoms with E-state index in [9.17, 15) is 0 Å². The highest BCUT2D eigenvalue weighted by Gasteiger charge is 2.24. The second-order valence-electron chi connectivity index (χ2n) is 18.3. The Labute approximate surface area is 369 Å². The quantitative estimate of drug-likeness (QED) is 0.160. The van der Waals surface area contributed by atoms with Crippen LogP contribution in [-0.2, 0) is 10.8 Å². The van der Waals surface area contributed by atoms with E-state index >= 15 is 0 Å². The third-order valence-electron chi connectivity index (χ3n) is 11.8. The van der Waals surface area contributed by atoms with E-state index in [1.807, 2.05) is 72.8 Å². The summed E-state index contributed by atoms with van der Waals surface area (Å²) in [6, 6.07) is 63.4.